The molecule has 1 rings (SSSR count). The fourth-order valence-corrected chi connectivity index (χ4v) is 1.86. The molecule has 0 spiro atoms. The molecular formula is C10H21NO. The monoisotopic (exact) mass is 171 g/mol. The smallest absolute Gasteiger partial charge is 0.108 e. The minimum atomic E-state index is 0.173. The largest absolute Gasteiger partial charge is 0.357 e. The Balaban J connectivity index is 2.52. The Morgan fingerprint density at radius 2 is 2.00 bits per heavy atom. The van der Waals surface area contributed by atoms with Crippen LogP contribution in [0.25, 0.3) is 0 Å². The second kappa shape index (κ2) is 4.24. The van der Waals surface area contributed by atoms with Crippen molar-refractivity contribution >= 4 is 0 Å². The maximum atomic E-state index is 6.01. The molecular weight excluding hydrogens is 150 g/mol. The first kappa shape index (κ1) is 10.0. The van der Waals surface area contributed by atoms with Crippen molar-refractivity contribution in [1.29, 1.82) is 0 Å². The van der Waals surface area contributed by atoms with E-state index in [1.165, 1.54) is 0 Å². The molecule has 1 unspecified atom stereocenters. The van der Waals surface area contributed by atoms with E-state index < -0.39 is 0 Å². The molecule has 0 aromatic carbocycles. The zero-order valence-corrected chi connectivity index (χ0v) is 8.52. The molecule has 1 aliphatic rings. The normalized spacial score (nSPS) is 28.8. The summed E-state index contributed by atoms with van der Waals surface area (Å²) in [6.45, 7) is 7.72. The fourth-order valence-electron chi connectivity index (χ4n) is 1.86. The van der Waals surface area contributed by atoms with Crippen molar-refractivity contribution in [3.8, 4) is 0 Å². The summed E-state index contributed by atoms with van der Waals surface area (Å²) in [6, 6.07) is 0. The predicted molar refractivity (Wildman–Crippen MR) is 51.1 cm³/mol. The van der Waals surface area contributed by atoms with Crippen molar-refractivity contribution in [2.75, 3.05) is 6.54 Å². The van der Waals surface area contributed by atoms with E-state index in [0.29, 0.717) is 6.23 Å². The molecule has 0 radical (unpaired) electrons. The molecule has 0 bridgehead atoms. The van der Waals surface area contributed by atoms with Gasteiger partial charge in [-0.3, -0.25) is 5.32 Å². The number of hydrogen-bond acceptors (Lipinski definition) is 2. The highest BCUT2D eigenvalue weighted by atomic mass is 16.5. The average Bonchev–Trinajstić information content (AvgIpc) is 2.18. The molecule has 0 saturated carbocycles. The van der Waals surface area contributed by atoms with Crippen LogP contribution in [0.3, 0.4) is 0 Å². The van der Waals surface area contributed by atoms with Gasteiger partial charge in [-0.05, 0) is 25.7 Å². The maximum Gasteiger partial charge on any atom is 0.108 e. The van der Waals surface area contributed by atoms with Gasteiger partial charge < -0.3 is 4.74 Å². The van der Waals surface area contributed by atoms with Crippen LogP contribution >= 0.6 is 0 Å². The first-order valence-corrected chi connectivity index (χ1v) is 5.17. The molecule has 1 N–H and O–H groups in total. The highest BCUT2D eigenvalue weighted by molar-refractivity contribution is 4.83. The highest BCUT2D eigenvalue weighted by Gasteiger charge is 2.32. The van der Waals surface area contributed by atoms with Crippen molar-refractivity contribution in [2.24, 2.45) is 0 Å². The van der Waals surface area contributed by atoms with Gasteiger partial charge >= 0.3 is 0 Å². The Kier molecular flexibility index (Phi) is 3.53. The molecule has 1 aliphatic heterocycles. The van der Waals surface area contributed by atoms with Crippen LogP contribution in [0.2, 0.25) is 0 Å². The Morgan fingerprint density at radius 3 is 2.50 bits per heavy atom. The van der Waals surface area contributed by atoms with E-state index in [2.05, 4.69) is 26.1 Å². The van der Waals surface area contributed by atoms with E-state index in [9.17, 15) is 0 Å². The molecule has 1 heterocycles. The summed E-state index contributed by atoms with van der Waals surface area (Å²) in [5, 5.41) is 3.37. The summed E-state index contributed by atoms with van der Waals surface area (Å²) in [4.78, 5) is 0. The lowest BCUT2D eigenvalue weighted by atomic mass is 9.91. The fraction of sp³-hybridized carbons (Fsp3) is 1.00. The van der Waals surface area contributed by atoms with Crippen molar-refractivity contribution < 1.29 is 4.74 Å². The van der Waals surface area contributed by atoms with E-state index in [1.54, 1.807) is 0 Å². The van der Waals surface area contributed by atoms with Gasteiger partial charge in [0.25, 0.3) is 0 Å². The summed E-state index contributed by atoms with van der Waals surface area (Å²) in [6.07, 6.45) is 4.81. The third-order valence-corrected chi connectivity index (χ3v) is 3.00. The van der Waals surface area contributed by atoms with Crippen LogP contribution in [0.4, 0.5) is 0 Å². The van der Waals surface area contributed by atoms with Crippen molar-refractivity contribution in [1.82, 2.24) is 5.32 Å². The predicted octanol–water partition coefficient (Wildman–Crippen LogP) is 2.29. The lowest BCUT2D eigenvalue weighted by molar-refractivity contribution is -0.141. The van der Waals surface area contributed by atoms with Gasteiger partial charge in [-0.2, -0.15) is 0 Å². The van der Waals surface area contributed by atoms with Crippen LogP contribution in [-0.4, -0.2) is 18.4 Å². The highest BCUT2D eigenvalue weighted by Crippen LogP contribution is 2.28. The van der Waals surface area contributed by atoms with Crippen LogP contribution in [0.5, 0.6) is 0 Å². The van der Waals surface area contributed by atoms with Gasteiger partial charge in [-0.1, -0.05) is 20.8 Å². The molecule has 0 aliphatic carbocycles. The molecule has 1 saturated heterocycles. The molecule has 0 aromatic heterocycles. The Hall–Kier alpha value is -0.0800. The van der Waals surface area contributed by atoms with Gasteiger partial charge in [0.2, 0.25) is 0 Å². The molecule has 1 atom stereocenters. The summed E-state index contributed by atoms with van der Waals surface area (Å²) in [5.74, 6) is 0. The molecule has 1 fully saturated rings. The minimum absolute atomic E-state index is 0.173. The van der Waals surface area contributed by atoms with Crippen LogP contribution in [0.1, 0.15) is 46.5 Å². The van der Waals surface area contributed by atoms with Gasteiger partial charge in [0, 0.05) is 6.54 Å². The van der Waals surface area contributed by atoms with Gasteiger partial charge in [0.15, 0.2) is 0 Å². The quantitative estimate of drug-likeness (QED) is 0.703. The lowest BCUT2D eigenvalue weighted by Crippen LogP contribution is -2.49. The van der Waals surface area contributed by atoms with E-state index in [4.69, 9.17) is 4.74 Å². The third-order valence-electron chi connectivity index (χ3n) is 3.00. The van der Waals surface area contributed by atoms with E-state index in [0.717, 1.165) is 32.2 Å². The molecule has 0 aromatic rings. The van der Waals surface area contributed by atoms with Crippen molar-refractivity contribution in [3.05, 3.63) is 0 Å². The van der Waals surface area contributed by atoms with Crippen LogP contribution < -0.4 is 5.32 Å². The average molecular weight is 171 g/mol. The number of ether oxygens (including phenoxy) is 1. The first-order valence-electron chi connectivity index (χ1n) is 5.17. The SMILES string of the molecule is CCC1NCCC(CC)(CC)O1. The Morgan fingerprint density at radius 1 is 1.33 bits per heavy atom. The molecule has 0 amide bonds. The van der Waals surface area contributed by atoms with Crippen molar-refractivity contribution in [3.63, 3.8) is 0 Å². The standard InChI is InChI=1S/C10H21NO/c1-4-9-11-8-7-10(5-2,6-3)12-9/h9,11H,4-8H2,1-3H3. The van der Waals surface area contributed by atoms with Gasteiger partial charge in [0.1, 0.15) is 6.23 Å². The Bertz CT molecular complexity index is 132. The van der Waals surface area contributed by atoms with Crippen LogP contribution in [-0.2, 0) is 4.74 Å². The van der Waals surface area contributed by atoms with E-state index in [1.807, 2.05) is 0 Å². The molecule has 12 heavy (non-hydrogen) atoms. The summed E-state index contributed by atoms with van der Waals surface area (Å²) in [7, 11) is 0. The molecule has 72 valence electrons. The second-order valence-electron chi connectivity index (χ2n) is 3.61. The molecule has 2 heteroatoms. The first-order chi connectivity index (χ1) is 5.76. The van der Waals surface area contributed by atoms with Gasteiger partial charge in [-0.25, -0.2) is 0 Å². The summed E-state index contributed by atoms with van der Waals surface area (Å²) in [5.41, 5.74) is 0.173. The number of rotatable bonds is 3. The van der Waals surface area contributed by atoms with Crippen molar-refractivity contribution in [2.45, 2.75) is 58.3 Å². The maximum absolute atomic E-state index is 6.01. The van der Waals surface area contributed by atoms with E-state index >= 15 is 0 Å². The zero-order chi connectivity index (χ0) is 9.03. The second-order valence-corrected chi connectivity index (χ2v) is 3.61. The summed E-state index contributed by atoms with van der Waals surface area (Å²) < 4.78 is 6.01. The van der Waals surface area contributed by atoms with Crippen LogP contribution in [0, 0.1) is 0 Å². The third kappa shape index (κ3) is 1.99. The Labute approximate surface area is 75.7 Å². The topological polar surface area (TPSA) is 21.3 Å². The zero-order valence-electron chi connectivity index (χ0n) is 8.52. The number of hydrogen-bond donors (Lipinski definition) is 1. The molecule has 2 nitrogen and oxygen atoms in total. The number of nitrogens with one attached hydrogen (secondary N) is 1. The minimum Gasteiger partial charge on any atom is -0.357 e. The van der Waals surface area contributed by atoms with E-state index in [-0.39, 0.29) is 5.60 Å². The van der Waals surface area contributed by atoms with Gasteiger partial charge in [0.05, 0.1) is 5.60 Å². The van der Waals surface area contributed by atoms with Gasteiger partial charge in [-0.15, -0.1) is 0 Å². The van der Waals surface area contributed by atoms with Crippen LogP contribution in [0.15, 0.2) is 0 Å². The lowest BCUT2D eigenvalue weighted by Gasteiger charge is -2.40. The summed E-state index contributed by atoms with van der Waals surface area (Å²) >= 11 is 0.